The number of rotatable bonds is 9. The summed E-state index contributed by atoms with van der Waals surface area (Å²) in [5.74, 6) is 0.546. The molecule has 0 aliphatic heterocycles. The zero-order valence-corrected chi connectivity index (χ0v) is 15.2. The Hall–Kier alpha value is -2.67. The SMILES string of the molecule is COc1ccc(CSCC(NC(=O)OCc2ccccc2)C(=O)O)cc1. The van der Waals surface area contributed by atoms with Gasteiger partial charge in [0.1, 0.15) is 18.4 Å². The van der Waals surface area contributed by atoms with E-state index in [1.165, 1.54) is 11.8 Å². The van der Waals surface area contributed by atoms with Crippen LogP contribution in [0.5, 0.6) is 5.75 Å². The van der Waals surface area contributed by atoms with E-state index >= 15 is 0 Å². The molecule has 0 aliphatic carbocycles. The van der Waals surface area contributed by atoms with Gasteiger partial charge in [-0.2, -0.15) is 11.8 Å². The number of methoxy groups -OCH3 is 1. The molecule has 6 nitrogen and oxygen atoms in total. The van der Waals surface area contributed by atoms with Crippen LogP contribution in [0.15, 0.2) is 54.6 Å². The summed E-state index contributed by atoms with van der Waals surface area (Å²) >= 11 is 1.42. The lowest BCUT2D eigenvalue weighted by Crippen LogP contribution is -2.42. The lowest BCUT2D eigenvalue weighted by Gasteiger charge is -2.14. The number of alkyl carbamates (subject to hydrolysis) is 1. The van der Waals surface area contributed by atoms with Crippen LogP contribution in [0.25, 0.3) is 0 Å². The molecule has 7 heteroatoms. The Morgan fingerprint density at radius 2 is 1.77 bits per heavy atom. The molecular formula is C19H21NO5S. The molecule has 0 saturated heterocycles. The number of carboxylic acid groups (broad SMARTS) is 1. The first-order chi connectivity index (χ1) is 12.6. The van der Waals surface area contributed by atoms with E-state index in [-0.39, 0.29) is 12.4 Å². The first-order valence-electron chi connectivity index (χ1n) is 7.99. The van der Waals surface area contributed by atoms with E-state index < -0.39 is 18.1 Å². The number of aliphatic carboxylic acids is 1. The first kappa shape index (κ1) is 19.7. The van der Waals surface area contributed by atoms with Crippen LogP contribution in [0.2, 0.25) is 0 Å². The number of hydrogen-bond acceptors (Lipinski definition) is 5. The van der Waals surface area contributed by atoms with E-state index in [4.69, 9.17) is 9.47 Å². The normalized spacial score (nSPS) is 11.4. The largest absolute Gasteiger partial charge is 0.497 e. The molecule has 0 heterocycles. The average molecular weight is 375 g/mol. The van der Waals surface area contributed by atoms with E-state index in [0.29, 0.717) is 5.75 Å². The smallest absolute Gasteiger partial charge is 0.408 e. The van der Waals surface area contributed by atoms with Gasteiger partial charge in [-0.3, -0.25) is 0 Å². The molecule has 1 unspecified atom stereocenters. The quantitative estimate of drug-likeness (QED) is 0.699. The van der Waals surface area contributed by atoms with E-state index in [0.717, 1.165) is 16.9 Å². The number of carbonyl (C=O) groups is 2. The molecule has 0 saturated carbocycles. The second kappa shape index (κ2) is 10.4. The number of ether oxygens (including phenoxy) is 2. The molecule has 2 rings (SSSR count). The second-order valence-corrected chi connectivity index (χ2v) is 6.49. The van der Waals surface area contributed by atoms with Crippen LogP contribution in [0, 0.1) is 0 Å². The molecule has 0 spiro atoms. The van der Waals surface area contributed by atoms with E-state index in [2.05, 4.69) is 5.32 Å². The van der Waals surface area contributed by atoms with Gasteiger partial charge in [-0.15, -0.1) is 0 Å². The van der Waals surface area contributed by atoms with E-state index in [9.17, 15) is 14.7 Å². The minimum atomic E-state index is -1.09. The lowest BCUT2D eigenvalue weighted by atomic mass is 10.2. The van der Waals surface area contributed by atoms with Crippen molar-refractivity contribution < 1.29 is 24.2 Å². The fraction of sp³-hybridized carbons (Fsp3) is 0.263. The van der Waals surface area contributed by atoms with Gasteiger partial charge in [-0.1, -0.05) is 42.5 Å². The van der Waals surface area contributed by atoms with Gasteiger partial charge in [0, 0.05) is 11.5 Å². The average Bonchev–Trinajstić information content (AvgIpc) is 2.67. The number of benzene rings is 2. The van der Waals surface area contributed by atoms with Gasteiger partial charge >= 0.3 is 12.1 Å². The third-order valence-electron chi connectivity index (χ3n) is 3.52. The van der Waals surface area contributed by atoms with Gasteiger partial charge in [0.25, 0.3) is 0 Å². The van der Waals surface area contributed by atoms with Crippen LogP contribution in [0.3, 0.4) is 0 Å². The van der Waals surface area contributed by atoms with Crippen molar-refractivity contribution in [1.29, 1.82) is 0 Å². The Bertz CT molecular complexity index is 706. The van der Waals surface area contributed by atoms with Crippen LogP contribution in [-0.2, 0) is 21.9 Å². The van der Waals surface area contributed by atoms with Crippen molar-refractivity contribution in [2.45, 2.75) is 18.4 Å². The Labute approximate surface area is 156 Å². The third kappa shape index (κ3) is 6.68. The molecular weight excluding hydrogens is 354 g/mol. The van der Waals surface area contributed by atoms with Crippen molar-refractivity contribution >= 4 is 23.8 Å². The van der Waals surface area contributed by atoms with Crippen molar-refractivity contribution in [3.63, 3.8) is 0 Å². The summed E-state index contributed by atoms with van der Waals surface area (Å²) in [6, 6.07) is 15.7. The highest BCUT2D eigenvalue weighted by Gasteiger charge is 2.20. The van der Waals surface area contributed by atoms with E-state index in [1.54, 1.807) is 7.11 Å². The lowest BCUT2D eigenvalue weighted by molar-refractivity contribution is -0.138. The minimum Gasteiger partial charge on any atom is -0.497 e. The summed E-state index contributed by atoms with van der Waals surface area (Å²) in [6.07, 6.45) is -0.744. The number of nitrogens with one attached hydrogen (secondary N) is 1. The Balaban J connectivity index is 1.76. The third-order valence-corrected chi connectivity index (χ3v) is 4.62. The van der Waals surface area contributed by atoms with Crippen LogP contribution in [0.4, 0.5) is 4.79 Å². The second-order valence-electron chi connectivity index (χ2n) is 5.46. The van der Waals surface area contributed by atoms with Gasteiger partial charge in [0.15, 0.2) is 0 Å². The highest BCUT2D eigenvalue weighted by Crippen LogP contribution is 2.17. The van der Waals surface area contributed by atoms with Crippen LogP contribution in [-0.4, -0.2) is 36.1 Å². The number of carboxylic acids is 1. The summed E-state index contributed by atoms with van der Waals surface area (Å²) in [5, 5.41) is 11.7. The summed E-state index contributed by atoms with van der Waals surface area (Å²) in [6.45, 7) is 0.0952. The topological polar surface area (TPSA) is 84.9 Å². The number of thioether (sulfide) groups is 1. The molecule has 0 aromatic heterocycles. The Morgan fingerprint density at radius 3 is 2.38 bits per heavy atom. The molecule has 0 bridgehead atoms. The summed E-state index contributed by atoms with van der Waals surface area (Å²) in [7, 11) is 1.60. The molecule has 1 amide bonds. The van der Waals surface area contributed by atoms with Crippen molar-refractivity contribution in [3.05, 3.63) is 65.7 Å². The first-order valence-corrected chi connectivity index (χ1v) is 9.14. The van der Waals surface area contributed by atoms with Crippen LogP contribution < -0.4 is 10.1 Å². The minimum absolute atomic E-state index is 0.0952. The molecule has 2 aromatic rings. The number of hydrogen-bond donors (Lipinski definition) is 2. The Kier molecular flexibility index (Phi) is 7.82. The number of amides is 1. The highest BCUT2D eigenvalue weighted by molar-refractivity contribution is 7.98. The van der Waals surface area contributed by atoms with E-state index in [1.807, 2.05) is 54.6 Å². The Morgan fingerprint density at radius 1 is 1.08 bits per heavy atom. The molecule has 0 radical (unpaired) electrons. The highest BCUT2D eigenvalue weighted by atomic mass is 32.2. The maximum absolute atomic E-state index is 11.8. The molecule has 2 N–H and O–H groups in total. The summed E-state index contributed by atoms with van der Waals surface area (Å²) in [4.78, 5) is 23.2. The zero-order chi connectivity index (χ0) is 18.8. The predicted octanol–water partition coefficient (Wildman–Crippen LogP) is 3.31. The van der Waals surface area contributed by atoms with Gasteiger partial charge in [-0.25, -0.2) is 9.59 Å². The summed E-state index contributed by atoms with van der Waals surface area (Å²) in [5.41, 5.74) is 1.88. The molecule has 0 fully saturated rings. The van der Waals surface area contributed by atoms with Gasteiger partial charge < -0.3 is 19.9 Å². The standard InChI is InChI=1S/C19H21NO5S/c1-24-16-9-7-15(8-10-16)12-26-13-17(18(21)22)20-19(23)25-11-14-5-3-2-4-6-14/h2-10,17H,11-13H2,1H3,(H,20,23)(H,21,22). The van der Waals surface area contributed by atoms with Crippen LogP contribution in [0.1, 0.15) is 11.1 Å². The van der Waals surface area contributed by atoms with Gasteiger partial charge in [0.05, 0.1) is 7.11 Å². The summed E-state index contributed by atoms with van der Waals surface area (Å²) < 4.78 is 10.2. The fourth-order valence-electron chi connectivity index (χ4n) is 2.10. The van der Waals surface area contributed by atoms with Gasteiger partial charge in [0.2, 0.25) is 0 Å². The van der Waals surface area contributed by atoms with Crippen LogP contribution >= 0.6 is 11.8 Å². The molecule has 26 heavy (non-hydrogen) atoms. The van der Waals surface area contributed by atoms with Gasteiger partial charge in [-0.05, 0) is 23.3 Å². The maximum Gasteiger partial charge on any atom is 0.408 e. The van der Waals surface area contributed by atoms with Crippen molar-refractivity contribution in [3.8, 4) is 5.75 Å². The monoisotopic (exact) mass is 375 g/mol. The fourth-order valence-corrected chi connectivity index (χ4v) is 3.11. The molecule has 1 atom stereocenters. The van der Waals surface area contributed by atoms with Crippen molar-refractivity contribution in [1.82, 2.24) is 5.32 Å². The zero-order valence-electron chi connectivity index (χ0n) is 14.4. The molecule has 138 valence electrons. The van der Waals surface area contributed by atoms with Crippen molar-refractivity contribution in [2.75, 3.05) is 12.9 Å². The molecule has 2 aromatic carbocycles. The maximum atomic E-state index is 11.8. The van der Waals surface area contributed by atoms with Crippen molar-refractivity contribution in [2.24, 2.45) is 0 Å². The number of carbonyl (C=O) groups excluding carboxylic acids is 1. The predicted molar refractivity (Wildman–Crippen MR) is 100 cm³/mol. The molecule has 0 aliphatic rings.